The molecule has 1 aromatic heterocycles. The van der Waals surface area contributed by atoms with E-state index in [-0.39, 0.29) is 5.82 Å². The Kier molecular flexibility index (Phi) is 4.46. The molecule has 0 spiro atoms. The zero-order valence-electron chi connectivity index (χ0n) is 16.2. The summed E-state index contributed by atoms with van der Waals surface area (Å²) in [4.78, 5) is 19.0. The number of carbonyl (C=O) groups is 1. The molecule has 2 heterocycles. The summed E-state index contributed by atoms with van der Waals surface area (Å²) >= 11 is 0. The van der Waals surface area contributed by atoms with Gasteiger partial charge in [0.15, 0.2) is 0 Å². The number of rotatable bonds is 1. The summed E-state index contributed by atoms with van der Waals surface area (Å²) in [6, 6.07) is 8.09. The first-order chi connectivity index (χ1) is 12.5. The number of fused-ring (bicyclic) bond motifs is 1. The zero-order chi connectivity index (χ0) is 20.0. The van der Waals surface area contributed by atoms with E-state index in [0.29, 0.717) is 35.9 Å². The van der Waals surface area contributed by atoms with Crippen molar-refractivity contribution in [1.29, 1.82) is 5.26 Å². The van der Waals surface area contributed by atoms with Crippen molar-refractivity contribution in [2.75, 3.05) is 6.54 Å². The number of imidazole rings is 1. The number of aromatic nitrogens is 2. The van der Waals surface area contributed by atoms with Crippen LogP contribution in [0.3, 0.4) is 0 Å². The highest BCUT2D eigenvalue weighted by atomic mass is 19.1. The Labute approximate surface area is 158 Å². The maximum atomic E-state index is 13.3. The lowest BCUT2D eigenvalue weighted by Crippen LogP contribution is -2.53. The molecule has 0 N–H and O–H groups in total. The molecule has 2 aromatic rings. The second-order valence-corrected chi connectivity index (χ2v) is 8.09. The van der Waals surface area contributed by atoms with Crippen LogP contribution in [0.1, 0.15) is 46.1 Å². The zero-order valence-corrected chi connectivity index (χ0v) is 16.2. The number of nitrogens with zero attached hydrogens (tertiary/aromatic N) is 4. The average Bonchev–Trinajstić information content (AvgIpc) is 2.93. The number of nitriles is 1. The van der Waals surface area contributed by atoms with Crippen LogP contribution in [0.25, 0.3) is 11.3 Å². The van der Waals surface area contributed by atoms with E-state index in [1.807, 2.05) is 39.2 Å². The van der Waals surface area contributed by atoms with Gasteiger partial charge in [-0.05, 0) is 58.9 Å². The Hall–Kier alpha value is -2.88. The number of benzene rings is 1. The van der Waals surface area contributed by atoms with Gasteiger partial charge in [-0.15, -0.1) is 0 Å². The monoisotopic (exact) mass is 370 g/mol. The van der Waals surface area contributed by atoms with E-state index < -0.39 is 17.2 Å². The molecule has 1 aromatic carbocycles. The van der Waals surface area contributed by atoms with Crippen molar-refractivity contribution in [1.82, 2.24) is 14.5 Å². The van der Waals surface area contributed by atoms with Gasteiger partial charge in [-0.3, -0.25) is 4.90 Å². The molecule has 0 aliphatic carbocycles. The Bertz CT molecular complexity index is 917. The van der Waals surface area contributed by atoms with Crippen LogP contribution in [0.5, 0.6) is 0 Å². The van der Waals surface area contributed by atoms with Gasteiger partial charge in [0.1, 0.15) is 34.7 Å². The van der Waals surface area contributed by atoms with Crippen molar-refractivity contribution in [2.24, 2.45) is 0 Å². The first-order valence-corrected chi connectivity index (χ1v) is 8.82. The second kappa shape index (κ2) is 6.38. The topological polar surface area (TPSA) is 71.2 Å². The van der Waals surface area contributed by atoms with Crippen LogP contribution in [0.15, 0.2) is 24.3 Å². The molecule has 3 rings (SSSR count). The molecule has 0 atom stereocenters. The lowest BCUT2D eigenvalue weighted by molar-refractivity contribution is -0.00701. The molecule has 142 valence electrons. The maximum Gasteiger partial charge on any atom is 0.411 e. The Morgan fingerprint density at radius 3 is 2.44 bits per heavy atom. The van der Waals surface area contributed by atoms with Crippen molar-refractivity contribution in [3.8, 4) is 17.3 Å². The number of hydrogen-bond acceptors (Lipinski definition) is 4. The molecule has 1 aliphatic heterocycles. The minimum absolute atomic E-state index is 0.349. The molecule has 0 saturated carbocycles. The van der Waals surface area contributed by atoms with Crippen LogP contribution in [0, 0.1) is 17.1 Å². The van der Waals surface area contributed by atoms with Gasteiger partial charge in [-0.1, -0.05) is 0 Å². The van der Waals surface area contributed by atoms with Crippen molar-refractivity contribution in [3.63, 3.8) is 0 Å². The number of carbonyl (C=O) groups excluding carboxylic acids is 1. The van der Waals surface area contributed by atoms with E-state index in [4.69, 9.17) is 4.74 Å². The number of ether oxygens (including phenoxy) is 1. The van der Waals surface area contributed by atoms with E-state index in [9.17, 15) is 14.4 Å². The standard InChI is InChI=1S/C20H23FN4O2/c1-19(2,3)27-18(26)25-11-10-24-15(12-22)16(23-17(24)20(25,4)5)13-6-8-14(21)9-7-13/h6-9H,10-11H2,1-5H3. The summed E-state index contributed by atoms with van der Waals surface area (Å²) in [5.41, 5.74) is 0.205. The SMILES string of the molecule is CC(C)(C)OC(=O)N1CCn2c(nc(-c3ccc(F)cc3)c2C#N)C1(C)C. The summed E-state index contributed by atoms with van der Waals surface area (Å²) in [5.74, 6) is 0.258. The smallest absolute Gasteiger partial charge is 0.411 e. The van der Waals surface area contributed by atoms with Crippen LogP contribution < -0.4 is 0 Å². The molecule has 1 aliphatic rings. The quantitative estimate of drug-likeness (QED) is 0.759. The first kappa shape index (κ1) is 18.9. The van der Waals surface area contributed by atoms with E-state index in [1.165, 1.54) is 12.1 Å². The van der Waals surface area contributed by atoms with E-state index in [2.05, 4.69) is 11.1 Å². The number of halogens is 1. The highest BCUT2D eigenvalue weighted by Crippen LogP contribution is 2.36. The third-order valence-electron chi connectivity index (χ3n) is 4.57. The van der Waals surface area contributed by atoms with Gasteiger partial charge in [0, 0.05) is 18.7 Å². The van der Waals surface area contributed by atoms with Crippen molar-refractivity contribution >= 4 is 6.09 Å². The molecule has 1 amide bonds. The number of amides is 1. The minimum atomic E-state index is -0.759. The van der Waals surface area contributed by atoms with E-state index in [1.54, 1.807) is 17.0 Å². The van der Waals surface area contributed by atoms with Crippen LogP contribution in [-0.2, 0) is 16.8 Å². The summed E-state index contributed by atoms with van der Waals surface area (Å²) < 4.78 is 20.6. The molecule has 0 radical (unpaired) electrons. The summed E-state index contributed by atoms with van der Waals surface area (Å²) in [6.07, 6.45) is -0.413. The Morgan fingerprint density at radius 1 is 1.26 bits per heavy atom. The first-order valence-electron chi connectivity index (χ1n) is 8.82. The molecular formula is C20H23FN4O2. The van der Waals surface area contributed by atoms with Gasteiger partial charge in [-0.25, -0.2) is 14.2 Å². The van der Waals surface area contributed by atoms with Crippen molar-refractivity contribution in [3.05, 3.63) is 41.6 Å². The van der Waals surface area contributed by atoms with Gasteiger partial charge < -0.3 is 9.30 Å². The lowest BCUT2D eigenvalue weighted by Gasteiger charge is -2.42. The molecule has 0 bridgehead atoms. The molecule has 0 fully saturated rings. The molecular weight excluding hydrogens is 347 g/mol. The van der Waals surface area contributed by atoms with Crippen molar-refractivity contribution in [2.45, 2.75) is 52.3 Å². The summed E-state index contributed by atoms with van der Waals surface area (Å²) in [7, 11) is 0. The Morgan fingerprint density at radius 2 is 1.89 bits per heavy atom. The van der Waals surface area contributed by atoms with E-state index in [0.717, 1.165) is 0 Å². The lowest BCUT2D eigenvalue weighted by atomic mass is 9.99. The minimum Gasteiger partial charge on any atom is -0.444 e. The van der Waals surface area contributed by atoms with Crippen LogP contribution in [-0.4, -0.2) is 32.7 Å². The van der Waals surface area contributed by atoms with Crippen LogP contribution in [0.4, 0.5) is 9.18 Å². The summed E-state index contributed by atoms with van der Waals surface area (Å²) in [6.45, 7) is 10.1. The fourth-order valence-electron chi connectivity index (χ4n) is 3.30. The largest absolute Gasteiger partial charge is 0.444 e. The third-order valence-corrected chi connectivity index (χ3v) is 4.57. The van der Waals surface area contributed by atoms with Crippen LogP contribution >= 0.6 is 0 Å². The van der Waals surface area contributed by atoms with Gasteiger partial charge in [0.25, 0.3) is 0 Å². The van der Waals surface area contributed by atoms with Gasteiger partial charge in [0.05, 0.1) is 5.54 Å². The molecule has 0 saturated heterocycles. The summed E-state index contributed by atoms with van der Waals surface area (Å²) in [5, 5.41) is 9.69. The Balaban J connectivity index is 2.05. The van der Waals surface area contributed by atoms with Crippen molar-refractivity contribution < 1.29 is 13.9 Å². The highest BCUT2D eigenvalue weighted by molar-refractivity contribution is 5.71. The second-order valence-electron chi connectivity index (χ2n) is 8.09. The van der Waals surface area contributed by atoms with Gasteiger partial charge in [0.2, 0.25) is 0 Å². The van der Waals surface area contributed by atoms with Gasteiger partial charge in [-0.2, -0.15) is 5.26 Å². The maximum absolute atomic E-state index is 13.3. The predicted octanol–water partition coefficient (Wildman–Crippen LogP) is 4.05. The fourth-order valence-corrected chi connectivity index (χ4v) is 3.30. The number of hydrogen-bond donors (Lipinski definition) is 0. The fraction of sp³-hybridized carbons (Fsp3) is 0.450. The average molecular weight is 370 g/mol. The predicted molar refractivity (Wildman–Crippen MR) is 98.3 cm³/mol. The normalized spacial score (nSPS) is 15.8. The van der Waals surface area contributed by atoms with Gasteiger partial charge >= 0.3 is 6.09 Å². The van der Waals surface area contributed by atoms with Crippen LogP contribution in [0.2, 0.25) is 0 Å². The molecule has 7 heteroatoms. The molecule has 6 nitrogen and oxygen atoms in total. The molecule has 27 heavy (non-hydrogen) atoms. The third kappa shape index (κ3) is 3.39. The molecule has 0 unspecified atom stereocenters. The van der Waals surface area contributed by atoms with E-state index >= 15 is 0 Å². The highest BCUT2D eigenvalue weighted by Gasteiger charge is 2.43.